The molecule has 0 spiro atoms. The number of fused-ring (bicyclic) bond motifs is 1. The normalized spacial score (nSPS) is 14.5. The maximum Gasteiger partial charge on any atom is 0.266 e. The number of rotatable bonds is 4. The molecule has 10 heteroatoms. The Morgan fingerprint density at radius 3 is 2.52 bits per heavy atom. The summed E-state index contributed by atoms with van der Waals surface area (Å²) in [6, 6.07) is 9.13. The van der Waals surface area contributed by atoms with E-state index in [1.807, 2.05) is 39.0 Å². The van der Waals surface area contributed by atoms with E-state index < -0.39 is 0 Å². The molecule has 0 aliphatic carbocycles. The summed E-state index contributed by atoms with van der Waals surface area (Å²) in [5.74, 6) is 2.63. The Labute approximate surface area is 166 Å². The molecule has 0 atom stereocenters. The third-order valence-corrected chi connectivity index (χ3v) is 5.20. The zero-order chi connectivity index (χ0) is 20.1. The van der Waals surface area contributed by atoms with Crippen molar-refractivity contribution in [1.82, 2.24) is 39.4 Å². The van der Waals surface area contributed by atoms with E-state index in [0.29, 0.717) is 18.3 Å². The number of nitrogens with zero attached hydrogens (tertiary/aromatic N) is 9. The minimum Gasteiger partial charge on any atom is -0.354 e. The maximum atomic E-state index is 12.3. The van der Waals surface area contributed by atoms with E-state index in [-0.39, 0.29) is 5.56 Å². The molecule has 0 N–H and O–H groups in total. The van der Waals surface area contributed by atoms with Gasteiger partial charge in [0.15, 0.2) is 17.3 Å². The monoisotopic (exact) mass is 391 g/mol. The van der Waals surface area contributed by atoms with Crippen molar-refractivity contribution >= 4 is 11.5 Å². The minimum atomic E-state index is -0.103. The molecule has 1 aliphatic rings. The Hall–Kier alpha value is -3.56. The Morgan fingerprint density at radius 2 is 1.76 bits per heavy atom. The predicted molar refractivity (Wildman–Crippen MR) is 106 cm³/mol. The van der Waals surface area contributed by atoms with E-state index in [4.69, 9.17) is 0 Å². The topological polar surface area (TPSA) is 99.0 Å². The first-order valence-electron chi connectivity index (χ1n) is 9.54. The van der Waals surface area contributed by atoms with Gasteiger partial charge in [-0.05, 0) is 45.0 Å². The zero-order valence-electron chi connectivity index (χ0n) is 16.5. The van der Waals surface area contributed by atoms with E-state index in [1.165, 1.54) is 4.68 Å². The van der Waals surface area contributed by atoms with Crippen molar-refractivity contribution in [3.05, 3.63) is 57.9 Å². The van der Waals surface area contributed by atoms with Crippen LogP contribution in [0.5, 0.6) is 0 Å². The second-order valence-electron chi connectivity index (χ2n) is 7.53. The number of aryl methyl sites for hydroxylation is 3. The molecule has 5 heterocycles. The summed E-state index contributed by atoms with van der Waals surface area (Å²) in [5, 5.41) is 21.7. The van der Waals surface area contributed by atoms with Crippen molar-refractivity contribution in [2.75, 3.05) is 18.0 Å². The van der Waals surface area contributed by atoms with Crippen LogP contribution in [0.4, 0.5) is 5.82 Å². The van der Waals surface area contributed by atoms with Gasteiger partial charge in [0.1, 0.15) is 5.82 Å². The van der Waals surface area contributed by atoms with Gasteiger partial charge < -0.3 is 4.90 Å². The van der Waals surface area contributed by atoms with Crippen LogP contribution < -0.4 is 10.5 Å². The second-order valence-corrected chi connectivity index (χ2v) is 7.53. The molecule has 148 valence electrons. The van der Waals surface area contributed by atoms with Crippen LogP contribution in [0, 0.1) is 26.7 Å². The first-order valence-corrected chi connectivity index (χ1v) is 9.54. The van der Waals surface area contributed by atoms with Crippen LogP contribution in [0.2, 0.25) is 0 Å². The van der Waals surface area contributed by atoms with Gasteiger partial charge in [-0.3, -0.25) is 4.79 Å². The lowest BCUT2D eigenvalue weighted by molar-refractivity contribution is 0.331. The lowest BCUT2D eigenvalue weighted by Crippen LogP contribution is -2.50. The van der Waals surface area contributed by atoms with Gasteiger partial charge in [-0.25, -0.2) is 9.36 Å². The van der Waals surface area contributed by atoms with Gasteiger partial charge in [0.25, 0.3) is 5.56 Å². The molecule has 0 saturated carbocycles. The number of anilines is 1. The quantitative estimate of drug-likeness (QED) is 0.510. The number of hydrogen-bond donors (Lipinski definition) is 0. The van der Waals surface area contributed by atoms with Crippen LogP contribution in [0.1, 0.15) is 17.2 Å². The third-order valence-electron chi connectivity index (χ3n) is 5.20. The van der Waals surface area contributed by atoms with Crippen LogP contribution in [0.15, 0.2) is 35.1 Å². The maximum absolute atomic E-state index is 12.3. The third kappa shape index (κ3) is 3.06. The van der Waals surface area contributed by atoms with E-state index in [1.54, 1.807) is 21.3 Å². The van der Waals surface area contributed by atoms with Gasteiger partial charge >= 0.3 is 0 Å². The highest BCUT2D eigenvalue weighted by Crippen LogP contribution is 2.23. The summed E-state index contributed by atoms with van der Waals surface area (Å²) >= 11 is 0. The Bertz CT molecular complexity index is 1260. The summed E-state index contributed by atoms with van der Waals surface area (Å²) in [6.45, 7) is 7.99. The number of hydrogen-bond acceptors (Lipinski definition) is 7. The highest BCUT2D eigenvalue weighted by Gasteiger charge is 2.29. The molecule has 1 saturated heterocycles. The molecule has 10 nitrogen and oxygen atoms in total. The van der Waals surface area contributed by atoms with Crippen molar-refractivity contribution in [2.45, 2.75) is 27.3 Å². The fourth-order valence-electron chi connectivity index (χ4n) is 3.71. The smallest absolute Gasteiger partial charge is 0.266 e. The molecule has 0 amide bonds. The molecule has 0 bridgehead atoms. The lowest BCUT2D eigenvalue weighted by Gasteiger charge is -2.39. The van der Waals surface area contributed by atoms with E-state index in [9.17, 15) is 4.79 Å². The standard InChI is InChI=1S/C19H21N9O/c1-12-8-13(2)27(22-12)18-6-7-19(29)26(23-18)11-15-9-25(10-15)17-5-4-16-21-20-14(3)28(16)24-17/h4-8,15H,9-11H2,1-3H3. The largest absolute Gasteiger partial charge is 0.354 e. The lowest BCUT2D eigenvalue weighted by atomic mass is 10.0. The molecule has 4 aromatic heterocycles. The molecule has 0 radical (unpaired) electrons. The SMILES string of the molecule is Cc1cc(C)n(-c2ccc(=O)n(CC3CN(c4ccc5nnc(C)n5n4)C3)n2)n1. The average molecular weight is 391 g/mol. The van der Waals surface area contributed by atoms with Crippen LogP contribution in [-0.2, 0) is 6.54 Å². The van der Waals surface area contributed by atoms with Gasteiger partial charge in [0.05, 0.1) is 12.2 Å². The van der Waals surface area contributed by atoms with E-state index in [2.05, 4.69) is 30.4 Å². The summed E-state index contributed by atoms with van der Waals surface area (Å²) in [5.41, 5.74) is 2.54. The van der Waals surface area contributed by atoms with Gasteiger partial charge in [-0.2, -0.15) is 9.61 Å². The molecule has 4 aromatic rings. The molecule has 0 aromatic carbocycles. The van der Waals surface area contributed by atoms with Gasteiger partial charge in [-0.1, -0.05) is 0 Å². The van der Waals surface area contributed by atoms with Crippen molar-refractivity contribution in [1.29, 1.82) is 0 Å². The van der Waals surface area contributed by atoms with Crippen molar-refractivity contribution < 1.29 is 0 Å². The highest BCUT2D eigenvalue weighted by molar-refractivity contribution is 5.47. The summed E-state index contributed by atoms with van der Waals surface area (Å²) in [4.78, 5) is 14.5. The molecule has 0 unspecified atom stereocenters. The first-order chi connectivity index (χ1) is 14.0. The van der Waals surface area contributed by atoms with Crippen molar-refractivity contribution in [2.24, 2.45) is 5.92 Å². The molecular weight excluding hydrogens is 370 g/mol. The van der Waals surface area contributed by atoms with Crippen LogP contribution in [0.25, 0.3) is 11.5 Å². The Morgan fingerprint density at radius 1 is 0.966 bits per heavy atom. The predicted octanol–water partition coefficient (Wildman–Crippen LogP) is 0.928. The highest BCUT2D eigenvalue weighted by atomic mass is 16.1. The van der Waals surface area contributed by atoms with Crippen LogP contribution in [0.3, 0.4) is 0 Å². The van der Waals surface area contributed by atoms with Crippen LogP contribution in [-0.4, -0.2) is 52.5 Å². The molecule has 1 aliphatic heterocycles. The summed E-state index contributed by atoms with van der Waals surface area (Å²) in [7, 11) is 0. The Kier molecular flexibility index (Phi) is 3.93. The van der Waals surface area contributed by atoms with Gasteiger partial charge in [-0.15, -0.1) is 20.4 Å². The second kappa shape index (κ2) is 6.50. The Balaban J connectivity index is 1.31. The van der Waals surface area contributed by atoms with Gasteiger partial charge in [0, 0.05) is 30.8 Å². The molecule has 5 rings (SSSR count). The fourth-order valence-corrected chi connectivity index (χ4v) is 3.71. The molecule has 29 heavy (non-hydrogen) atoms. The van der Waals surface area contributed by atoms with Gasteiger partial charge in [0.2, 0.25) is 0 Å². The summed E-state index contributed by atoms with van der Waals surface area (Å²) in [6.07, 6.45) is 0. The van der Waals surface area contributed by atoms with Crippen LogP contribution >= 0.6 is 0 Å². The average Bonchev–Trinajstić information content (AvgIpc) is 3.20. The van der Waals surface area contributed by atoms with Crippen molar-refractivity contribution in [3.63, 3.8) is 0 Å². The minimum absolute atomic E-state index is 0.103. The van der Waals surface area contributed by atoms with Crippen molar-refractivity contribution in [3.8, 4) is 5.82 Å². The van der Waals surface area contributed by atoms with E-state index >= 15 is 0 Å². The number of aromatic nitrogens is 8. The molecular formula is C19H21N9O. The first kappa shape index (κ1) is 17.5. The zero-order valence-corrected chi connectivity index (χ0v) is 16.5. The summed E-state index contributed by atoms with van der Waals surface area (Å²) < 4.78 is 5.04. The molecule has 1 fully saturated rings. The fraction of sp³-hybridized carbons (Fsp3) is 0.368. The van der Waals surface area contributed by atoms with E-state index in [0.717, 1.165) is 41.8 Å².